The molecule has 0 N–H and O–H groups in total. The maximum absolute atomic E-state index is 10.7. The first kappa shape index (κ1) is 14.6. The van der Waals surface area contributed by atoms with Crippen LogP contribution in [0.2, 0.25) is 5.02 Å². The number of carbonyl (C=O) groups excluding carboxylic acids is 1. The zero-order valence-electron chi connectivity index (χ0n) is 9.60. The van der Waals surface area contributed by atoms with Crippen molar-refractivity contribution in [1.29, 1.82) is 0 Å². The van der Waals surface area contributed by atoms with Crippen LogP contribution in [0.25, 0.3) is 0 Å². The van der Waals surface area contributed by atoms with E-state index < -0.39 is 4.92 Å². The molecule has 0 fully saturated rings. The molecule has 0 radical (unpaired) electrons. The van der Waals surface area contributed by atoms with E-state index in [0.29, 0.717) is 17.7 Å². The number of non-ortho nitro benzene ring substituents is 1. The van der Waals surface area contributed by atoms with E-state index in [4.69, 9.17) is 11.6 Å². The Morgan fingerprint density at radius 2 is 2.28 bits per heavy atom. The third-order valence-electron chi connectivity index (χ3n) is 1.92. The highest BCUT2D eigenvalue weighted by molar-refractivity contribution is 8.13. The molecule has 94 valence electrons. The lowest BCUT2D eigenvalue weighted by Gasteiger charge is -1.95. The van der Waals surface area contributed by atoms with Gasteiger partial charge in [0.05, 0.1) is 9.95 Å². The molecule has 1 aromatic rings. The molecule has 1 rings (SSSR count). The third-order valence-corrected chi connectivity index (χ3v) is 3.05. The molecular formula is C12H10ClNO3S. The average molecular weight is 284 g/mol. The number of nitrogens with zero attached hydrogens (tertiary/aromatic N) is 1. The molecule has 1 aromatic carbocycles. The highest BCUT2D eigenvalue weighted by Crippen LogP contribution is 2.21. The summed E-state index contributed by atoms with van der Waals surface area (Å²) in [5, 5.41) is 10.8. The summed E-state index contributed by atoms with van der Waals surface area (Å²) in [5.74, 6) is 6.32. The number of nitro groups is 1. The van der Waals surface area contributed by atoms with Gasteiger partial charge in [0.1, 0.15) is 0 Å². The van der Waals surface area contributed by atoms with E-state index in [1.165, 1.54) is 36.9 Å². The number of hydrogen-bond donors (Lipinski definition) is 0. The molecule has 4 nitrogen and oxygen atoms in total. The van der Waals surface area contributed by atoms with E-state index in [2.05, 4.69) is 11.8 Å². The molecule has 0 aliphatic carbocycles. The highest BCUT2D eigenvalue weighted by Gasteiger charge is 2.07. The number of nitro benzene ring substituents is 1. The van der Waals surface area contributed by atoms with Gasteiger partial charge in [0.15, 0.2) is 5.12 Å². The molecular weight excluding hydrogens is 274 g/mol. The molecule has 0 saturated heterocycles. The second-order valence-corrected chi connectivity index (χ2v) is 4.99. The van der Waals surface area contributed by atoms with Crippen molar-refractivity contribution in [3.63, 3.8) is 0 Å². The van der Waals surface area contributed by atoms with Crippen molar-refractivity contribution in [2.24, 2.45) is 0 Å². The fourth-order valence-electron chi connectivity index (χ4n) is 1.12. The van der Waals surface area contributed by atoms with Crippen molar-refractivity contribution in [1.82, 2.24) is 0 Å². The van der Waals surface area contributed by atoms with Crippen molar-refractivity contribution in [2.75, 3.05) is 5.75 Å². The van der Waals surface area contributed by atoms with Gasteiger partial charge in [-0.2, -0.15) is 0 Å². The molecule has 0 spiro atoms. The average Bonchev–Trinajstić information content (AvgIpc) is 2.29. The smallest absolute Gasteiger partial charge is 0.271 e. The molecule has 0 aliphatic rings. The molecule has 18 heavy (non-hydrogen) atoms. The summed E-state index contributed by atoms with van der Waals surface area (Å²) < 4.78 is 0. The largest absolute Gasteiger partial charge is 0.288 e. The van der Waals surface area contributed by atoms with Crippen LogP contribution in [-0.2, 0) is 4.79 Å². The van der Waals surface area contributed by atoms with Crippen LogP contribution in [0.3, 0.4) is 0 Å². The molecule has 6 heteroatoms. The summed E-state index contributed by atoms with van der Waals surface area (Å²) in [6.45, 7) is 1.51. The lowest BCUT2D eigenvalue weighted by atomic mass is 10.2. The van der Waals surface area contributed by atoms with Crippen molar-refractivity contribution >= 4 is 34.2 Å². The molecule has 0 unspecified atom stereocenters. The normalized spacial score (nSPS) is 9.44. The Kier molecular flexibility index (Phi) is 5.69. The predicted octanol–water partition coefficient (Wildman–Crippen LogP) is 3.27. The first-order valence-electron chi connectivity index (χ1n) is 5.07. The molecule has 0 atom stereocenters. The van der Waals surface area contributed by atoms with Crippen LogP contribution in [0.4, 0.5) is 5.69 Å². The number of benzene rings is 1. The molecule has 0 aliphatic heterocycles. The van der Waals surface area contributed by atoms with Crippen LogP contribution < -0.4 is 0 Å². The van der Waals surface area contributed by atoms with Crippen LogP contribution in [0.15, 0.2) is 18.2 Å². The Morgan fingerprint density at radius 3 is 2.83 bits per heavy atom. The van der Waals surface area contributed by atoms with Crippen molar-refractivity contribution in [3.05, 3.63) is 38.9 Å². The van der Waals surface area contributed by atoms with Gasteiger partial charge in [0.25, 0.3) is 5.69 Å². The molecule has 0 amide bonds. The van der Waals surface area contributed by atoms with Gasteiger partial charge in [-0.05, 0) is 6.07 Å². The SMILES string of the molecule is CC(=O)SCCC#Cc1ccc([N+](=O)[O-])cc1Cl. The first-order chi connectivity index (χ1) is 8.50. The Labute approximate surface area is 114 Å². The molecule has 0 aromatic heterocycles. The van der Waals surface area contributed by atoms with E-state index in [1.54, 1.807) is 0 Å². The summed E-state index contributed by atoms with van der Waals surface area (Å²) in [4.78, 5) is 20.7. The lowest BCUT2D eigenvalue weighted by Crippen LogP contribution is -1.88. The van der Waals surface area contributed by atoms with E-state index in [9.17, 15) is 14.9 Å². The molecule has 0 saturated carbocycles. The standard InChI is InChI=1S/C12H10ClNO3S/c1-9(15)18-7-3-2-4-10-5-6-11(14(16)17)8-12(10)13/h5-6,8H,3,7H2,1H3. The van der Waals surface area contributed by atoms with E-state index >= 15 is 0 Å². The zero-order valence-corrected chi connectivity index (χ0v) is 11.2. The van der Waals surface area contributed by atoms with E-state index in [-0.39, 0.29) is 15.8 Å². The fourth-order valence-corrected chi connectivity index (χ4v) is 1.84. The van der Waals surface area contributed by atoms with Gasteiger partial charge in [-0.15, -0.1) is 0 Å². The summed E-state index contributed by atoms with van der Waals surface area (Å²) in [5.41, 5.74) is 0.493. The summed E-state index contributed by atoms with van der Waals surface area (Å²) >= 11 is 7.08. The topological polar surface area (TPSA) is 60.2 Å². The summed E-state index contributed by atoms with van der Waals surface area (Å²) in [6, 6.07) is 4.15. The second-order valence-electron chi connectivity index (χ2n) is 3.31. The summed E-state index contributed by atoms with van der Waals surface area (Å²) in [6.07, 6.45) is 0.567. The number of hydrogen-bond acceptors (Lipinski definition) is 4. The maximum Gasteiger partial charge on any atom is 0.271 e. The number of halogens is 1. The van der Waals surface area contributed by atoms with Crippen molar-refractivity contribution < 1.29 is 9.72 Å². The third kappa shape index (κ3) is 4.78. The second kappa shape index (κ2) is 7.04. The van der Waals surface area contributed by atoms with Crippen molar-refractivity contribution in [2.45, 2.75) is 13.3 Å². The minimum atomic E-state index is -0.507. The zero-order chi connectivity index (χ0) is 13.5. The number of rotatable bonds is 3. The number of carbonyl (C=O) groups is 1. The van der Waals surface area contributed by atoms with Crippen LogP contribution >= 0.6 is 23.4 Å². The van der Waals surface area contributed by atoms with Crippen LogP contribution in [0, 0.1) is 22.0 Å². The Bertz CT molecular complexity index is 534. The van der Waals surface area contributed by atoms with Crippen LogP contribution in [0.1, 0.15) is 18.9 Å². The van der Waals surface area contributed by atoms with Gasteiger partial charge < -0.3 is 0 Å². The minimum Gasteiger partial charge on any atom is -0.288 e. The Hall–Kier alpha value is -1.51. The Morgan fingerprint density at radius 1 is 1.56 bits per heavy atom. The van der Waals surface area contributed by atoms with Crippen LogP contribution in [-0.4, -0.2) is 15.8 Å². The Balaban J connectivity index is 2.65. The van der Waals surface area contributed by atoms with Crippen LogP contribution in [0.5, 0.6) is 0 Å². The number of thioether (sulfide) groups is 1. The summed E-state index contributed by atoms with van der Waals surface area (Å²) in [7, 11) is 0. The maximum atomic E-state index is 10.7. The van der Waals surface area contributed by atoms with Gasteiger partial charge in [-0.25, -0.2) is 0 Å². The van der Waals surface area contributed by atoms with Gasteiger partial charge in [0, 0.05) is 36.8 Å². The monoisotopic (exact) mass is 283 g/mol. The van der Waals surface area contributed by atoms with Gasteiger partial charge in [-0.1, -0.05) is 35.2 Å². The first-order valence-corrected chi connectivity index (χ1v) is 6.43. The van der Waals surface area contributed by atoms with Gasteiger partial charge >= 0.3 is 0 Å². The molecule has 0 heterocycles. The van der Waals surface area contributed by atoms with E-state index in [0.717, 1.165) is 0 Å². The predicted molar refractivity (Wildman–Crippen MR) is 72.7 cm³/mol. The quantitative estimate of drug-likeness (QED) is 0.370. The van der Waals surface area contributed by atoms with E-state index in [1.807, 2.05) is 0 Å². The van der Waals surface area contributed by atoms with Gasteiger partial charge in [-0.3, -0.25) is 14.9 Å². The fraction of sp³-hybridized carbons (Fsp3) is 0.250. The minimum absolute atomic E-state index is 0.0577. The van der Waals surface area contributed by atoms with Gasteiger partial charge in [0.2, 0.25) is 0 Å². The highest BCUT2D eigenvalue weighted by atomic mass is 35.5. The lowest BCUT2D eigenvalue weighted by molar-refractivity contribution is -0.384. The molecule has 0 bridgehead atoms. The van der Waals surface area contributed by atoms with Crippen molar-refractivity contribution in [3.8, 4) is 11.8 Å².